The van der Waals surface area contributed by atoms with Crippen molar-refractivity contribution in [2.24, 2.45) is 0 Å². The number of aromatic nitrogens is 4. The highest BCUT2D eigenvalue weighted by molar-refractivity contribution is 7.89. The molecule has 1 aliphatic rings. The maximum absolute atomic E-state index is 12.4. The van der Waals surface area contributed by atoms with Crippen LogP contribution >= 0.6 is 11.6 Å². The lowest BCUT2D eigenvalue weighted by Crippen LogP contribution is -2.38. The van der Waals surface area contributed by atoms with Gasteiger partial charge in [0.2, 0.25) is 10.0 Å². The summed E-state index contributed by atoms with van der Waals surface area (Å²) in [5.41, 5.74) is 0. The third-order valence-electron chi connectivity index (χ3n) is 2.94. The van der Waals surface area contributed by atoms with Crippen LogP contribution in [-0.4, -0.2) is 39.0 Å². The van der Waals surface area contributed by atoms with Crippen LogP contribution in [-0.2, 0) is 23.1 Å². The molecule has 0 unspecified atom stereocenters. The smallest absolute Gasteiger partial charge is 0.245 e. The summed E-state index contributed by atoms with van der Waals surface area (Å²) in [5.74, 6) is 0.636. The van der Waals surface area contributed by atoms with Crippen molar-refractivity contribution in [2.45, 2.75) is 18.0 Å². The van der Waals surface area contributed by atoms with Gasteiger partial charge in [-0.3, -0.25) is 0 Å². The van der Waals surface area contributed by atoms with Gasteiger partial charge in [0, 0.05) is 19.3 Å². The Balaban J connectivity index is 1.92. The molecule has 0 saturated heterocycles. The molecule has 0 atom stereocenters. The monoisotopic (exact) mass is 299 g/mol. The van der Waals surface area contributed by atoms with Crippen LogP contribution in [0.1, 0.15) is 5.82 Å². The van der Waals surface area contributed by atoms with E-state index in [-0.39, 0.29) is 16.6 Å². The van der Waals surface area contributed by atoms with Crippen molar-refractivity contribution < 1.29 is 8.42 Å². The Morgan fingerprint density at radius 3 is 2.84 bits per heavy atom. The zero-order chi connectivity index (χ0) is 13.5. The molecular formula is C10H10ClN5O2S. The summed E-state index contributed by atoms with van der Waals surface area (Å²) in [4.78, 5) is 3.93. The zero-order valence-electron chi connectivity index (χ0n) is 9.77. The second-order valence-electron chi connectivity index (χ2n) is 4.10. The first-order valence-electron chi connectivity index (χ1n) is 5.56. The van der Waals surface area contributed by atoms with Crippen LogP contribution < -0.4 is 0 Å². The number of hydrogen-bond donors (Lipinski definition) is 0. The number of rotatable bonds is 2. The fourth-order valence-electron chi connectivity index (χ4n) is 1.91. The minimum atomic E-state index is -3.57. The number of nitrogens with zero attached hydrogens (tertiary/aromatic N) is 5. The van der Waals surface area contributed by atoms with Gasteiger partial charge in [-0.1, -0.05) is 11.6 Å². The normalized spacial score (nSPS) is 16.3. The number of pyridine rings is 1. The van der Waals surface area contributed by atoms with Crippen molar-refractivity contribution in [2.75, 3.05) is 6.54 Å². The molecule has 100 valence electrons. The van der Waals surface area contributed by atoms with Gasteiger partial charge in [0.15, 0.2) is 0 Å². The van der Waals surface area contributed by atoms with Crippen molar-refractivity contribution in [1.82, 2.24) is 24.1 Å². The van der Waals surface area contributed by atoms with Gasteiger partial charge in [0.05, 0.1) is 6.54 Å². The van der Waals surface area contributed by atoms with Crippen molar-refractivity contribution >= 4 is 21.6 Å². The van der Waals surface area contributed by atoms with Gasteiger partial charge in [-0.05, 0) is 12.1 Å². The van der Waals surface area contributed by atoms with E-state index in [1.54, 1.807) is 6.33 Å². The number of halogens is 1. The Morgan fingerprint density at radius 2 is 2.11 bits per heavy atom. The summed E-state index contributed by atoms with van der Waals surface area (Å²) in [6.45, 7) is 1.14. The lowest BCUT2D eigenvalue weighted by Gasteiger charge is -2.26. The first-order chi connectivity index (χ1) is 9.07. The number of hydrogen-bond acceptors (Lipinski definition) is 5. The minimum absolute atomic E-state index is 0.130. The van der Waals surface area contributed by atoms with Gasteiger partial charge in [-0.2, -0.15) is 4.31 Å². The molecule has 1 aliphatic heterocycles. The van der Waals surface area contributed by atoms with Crippen molar-refractivity contribution in [3.63, 3.8) is 0 Å². The lowest BCUT2D eigenvalue weighted by atomic mass is 10.4. The predicted octanol–water partition coefficient (Wildman–Crippen LogP) is 0.531. The van der Waals surface area contributed by atoms with E-state index in [0.717, 1.165) is 0 Å². The fraction of sp³-hybridized carbons (Fsp3) is 0.300. The van der Waals surface area contributed by atoms with Crippen LogP contribution in [0.2, 0.25) is 5.15 Å². The molecule has 7 nitrogen and oxygen atoms in total. The first kappa shape index (κ1) is 12.5. The standard InChI is InChI=1S/C10H10ClN5O2S/c11-9-2-1-8(5-12-9)19(17,18)16-4-3-15-7-13-14-10(15)6-16/h1-2,5,7H,3-4,6H2. The number of fused-ring (bicyclic) bond motifs is 1. The van der Waals surface area contributed by atoms with E-state index in [2.05, 4.69) is 15.2 Å². The van der Waals surface area contributed by atoms with E-state index in [9.17, 15) is 8.42 Å². The van der Waals surface area contributed by atoms with E-state index < -0.39 is 10.0 Å². The number of sulfonamides is 1. The lowest BCUT2D eigenvalue weighted by molar-refractivity contribution is 0.335. The quantitative estimate of drug-likeness (QED) is 0.756. The van der Waals surface area contributed by atoms with Gasteiger partial charge >= 0.3 is 0 Å². The summed E-state index contributed by atoms with van der Waals surface area (Å²) in [6, 6.07) is 2.91. The molecule has 0 aromatic carbocycles. The maximum atomic E-state index is 12.4. The summed E-state index contributed by atoms with van der Waals surface area (Å²) in [7, 11) is -3.57. The molecule has 19 heavy (non-hydrogen) atoms. The van der Waals surface area contributed by atoms with E-state index in [0.29, 0.717) is 18.9 Å². The molecule has 0 amide bonds. The zero-order valence-corrected chi connectivity index (χ0v) is 11.3. The van der Waals surface area contributed by atoms with E-state index in [1.807, 2.05) is 4.57 Å². The SMILES string of the molecule is O=S(=O)(c1ccc(Cl)nc1)N1CCn2cnnc2C1. The Labute approximate surface area is 114 Å². The van der Waals surface area contributed by atoms with Crippen molar-refractivity contribution in [3.8, 4) is 0 Å². The van der Waals surface area contributed by atoms with Gasteiger partial charge in [0.25, 0.3) is 0 Å². The molecule has 3 rings (SSSR count). The van der Waals surface area contributed by atoms with Crippen LogP contribution in [0.4, 0.5) is 0 Å². The Kier molecular flexibility index (Phi) is 3.00. The topological polar surface area (TPSA) is 81.0 Å². The predicted molar refractivity (Wildman–Crippen MR) is 66.9 cm³/mol. The summed E-state index contributed by atoms with van der Waals surface area (Å²) in [6.07, 6.45) is 2.86. The van der Waals surface area contributed by atoms with Crippen molar-refractivity contribution in [1.29, 1.82) is 0 Å². The highest BCUT2D eigenvalue weighted by atomic mass is 35.5. The third-order valence-corrected chi connectivity index (χ3v) is 4.99. The minimum Gasteiger partial charge on any atom is -0.315 e. The largest absolute Gasteiger partial charge is 0.315 e. The first-order valence-corrected chi connectivity index (χ1v) is 7.37. The van der Waals surface area contributed by atoms with Gasteiger partial charge in [-0.25, -0.2) is 13.4 Å². The third kappa shape index (κ3) is 2.22. The molecule has 0 bridgehead atoms. The highest BCUT2D eigenvalue weighted by Gasteiger charge is 2.29. The highest BCUT2D eigenvalue weighted by Crippen LogP contribution is 2.20. The fourth-order valence-corrected chi connectivity index (χ4v) is 3.36. The Morgan fingerprint density at radius 1 is 1.26 bits per heavy atom. The van der Waals surface area contributed by atoms with Gasteiger partial charge in [-0.15, -0.1) is 10.2 Å². The molecule has 0 radical (unpaired) electrons. The Bertz CT molecular complexity index is 697. The van der Waals surface area contributed by atoms with E-state index >= 15 is 0 Å². The molecular weight excluding hydrogens is 290 g/mol. The van der Waals surface area contributed by atoms with Crippen molar-refractivity contribution in [3.05, 3.63) is 35.6 Å². The van der Waals surface area contributed by atoms with Crippen LogP contribution in [0.5, 0.6) is 0 Å². The van der Waals surface area contributed by atoms with Crippen LogP contribution in [0, 0.1) is 0 Å². The second kappa shape index (κ2) is 4.55. The van der Waals surface area contributed by atoms with Gasteiger partial charge in [0.1, 0.15) is 22.2 Å². The molecule has 0 N–H and O–H groups in total. The van der Waals surface area contributed by atoms with Crippen LogP contribution in [0.25, 0.3) is 0 Å². The Hall–Kier alpha value is -1.51. The van der Waals surface area contributed by atoms with Gasteiger partial charge < -0.3 is 4.57 Å². The summed E-state index contributed by atoms with van der Waals surface area (Å²) in [5, 5.41) is 7.93. The molecule has 9 heteroatoms. The molecule has 3 heterocycles. The summed E-state index contributed by atoms with van der Waals surface area (Å²) >= 11 is 5.66. The maximum Gasteiger partial charge on any atom is 0.245 e. The molecule has 0 aliphatic carbocycles. The summed E-state index contributed by atoms with van der Waals surface area (Å²) < 4.78 is 28.0. The second-order valence-corrected chi connectivity index (χ2v) is 6.42. The van der Waals surface area contributed by atoms with Crippen LogP contribution in [0.3, 0.4) is 0 Å². The molecule has 0 saturated carbocycles. The van der Waals surface area contributed by atoms with E-state index in [1.165, 1.54) is 22.6 Å². The average molecular weight is 300 g/mol. The molecule has 0 fully saturated rings. The molecule has 2 aromatic heterocycles. The average Bonchev–Trinajstić information content (AvgIpc) is 2.86. The molecule has 0 spiro atoms. The van der Waals surface area contributed by atoms with E-state index in [4.69, 9.17) is 11.6 Å². The molecule has 2 aromatic rings. The van der Waals surface area contributed by atoms with Crippen LogP contribution in [0.15, 0.2) is 29.6 Å².